The summed E-state index contributed by atoms with van der Waals surface area (Å²) in [6.45, 7) is 0. The Morgan fingerprint density at radius 2 is 0.963 bits per heavy atom. The van der Waals surface area contributed by atoms with Crippen LogP contribution in [0.25, 0.3) is 0 Å². The van der Waals surface area contributed by atoms with Crippen molar-refractivity contribution in [3.05, 3.63) is 0 Å². The van der Waals surface area contributed by atoms with Gasteiger partial charge in [0.05, 0.1) is 0 Å². The summed E-state index contributed by atoms with van der Waals surface area (Å²) < 4.78 is 202. The van der Waals surface area contributed by atoms with Gasteiger partial charge in [0.15, 0.2) is 0 Å². The second-order valence-electron chi connectivity index (χ2n) is 4.12. The van der Waals surface area contributed by atoms with E-state index in [0.717, 1.165) is 0 Å². The summed E-state index contributed by atoms with van der Waals surface area (Å²) in [4.78, 5) is 0. The van der Waals surface area contributed by atoms with Crippen molar-refractivity contribution in [1.29, 1.82) is 0 Å². The van der Waals surface area contributed by atoms with Gasteiger partial charge in [0.25, 0.3) is 20.0 Å². The minimum absolute atomic E-state index is 0. The molecule has 0 amide bonds. The van der Waals surface area contributed by atoms with Crippen LogP contribution in [0.5, 0.6) is 0 Å². The Labute approximate surface area is 152 Å². The number of rotatable bonds is 7. The number of nitrogens with one attached hydrogen (secondary N) is 1. The van der Waals surface area contributed by atoms with E-state index in [0.29, 0.717) is 0 Å². The van der Waals surface area contributed by atoms with Gasteiger partial charge in [0, 0.05) is 0 Å². The van der Waals surface area contributed by atoms with Gasteiger partial charge in [0.2, 0.25) is 0 Å². The molecule has 0 aliphatic carbocycles. The predicted octanol–water partition coefficient (Wildman–Crippen LogP) is 1.87. The Balaban J connectivity index is 0. The molecular formula is C6H3F13LiNO4S2. The van der Waals surface area contributed by atoms with E-state index in [1.165, 1.54) is 0 Å². The van der Waals surface area contributed by atoms with E-state index in [1.807, 2.05) is 0 Å². The summed E-state index contributed by atoms with van der Waals surface area (Å²) in [7, 11) is -15.6. The zero-order valence-electron chi connectivity index (χ0n) is 10.9. The molecule has 1 N–H and O–H groups in total. The first kappa shape index (κ1) is 28.8. The van der Waals surface area contributed by atoms with Gasteiger partial charge in [-0.15, -0.1) is 0 Å². The third-order valence-corrected chi connectivity index (χ3v) is 5.87. The van der Waals surface area contributed by atoms with Gasteiger partial charge in [-0.3, -0.25) is 0 Å². The number of hydrogen-bond donors (Lipinski definition) is 1. The molecule has 0 rings (SSSR count). The summed E-state index contributed by atoms with van der Waals surface area (Å²) in [6.07, 6.45) is -12.8. The van der Waals surface area contributed by atoms with Crippen molar-refractivity contribution >= 4 is 38.9 Å². The zero-order valence-corrected chi connectivity index (χ0v) is 12.6. The molecule has 0 aromatic heterocycles. The van der Waals surface area contributed by atoms with Crippen molar-refractivity contribution < 1.29 is 73.9 Å². The fraction of sp³-hybridized carbons (Fsp3) is 1.00. The summed E-state index contributed by atoms with van der Waals surface area (Å²) >= 11 is 0. The van der Waals surface area contributed by atoms with Crippen molar-refractivity contribution in [1.82, 2.24) is 4.13 Å². The van der Waals surface area contributed by atoms with Crippen molar-refractivity contribution in [2.45, 2.75) is 35.0 Å². The van der Waals surface area contributed by atoms with Gasteiger partial charge in [-0.1, -0.05) is 4.13 Å². The molecule has 0 unspecified atom stereocenters. The molecule has 0 fully saturated rings. The number of alkyl halides is 13. The first-order valence-corrected chi connectivity index (χ1v) is 8.00. The van der Waals surface area contributed by atoms with Crippen molar-refractivity contribution in [2.24, 2.45) is 0 Å². The maximum absolute atomic E-state index is 13.0. The summed E-state index contributed by atoms with van der Waals surface area (Å²) in [5, 5.41) is -14.2. The quantitative estimate of drug-likeness (QED) is 0.455. The topological polar surface area (TPSA) is 80.3 Å². The molecule has 0 bridgehead atoms. The second-order valence-corrected chi connectivity index (χ2v) is 7.85. The first-order chi connectivity index (χ1) is 10.9. The SMILES string of the molecule is O=S(=O)(NS(=O)(=O)C(F)(F)C(F)(F)C(F)(F)C(F)(F)F)C(F)(F)C(F)F.[LiH]. The van der Waals surface area contributed by atoms with Crippen molar-refractivity contribution in [2.75, 3.05) is 0 Å². The Morgan fingerprint density at radius 3 is 1.22 bits per heavy atom. The molecule has 0 spiro atoms. The normalized spacial score (nSPS) is 15.6. The Kier molecular flexibility index (Phi) is 7.90. The van der Waals surface area contributed by atoms with Crippen LogP contribution in [0.1, 0.15) is 0 Å². The van der Waals surface area contributed by atoms with E-state index in [9.17, 15) is 73.9 Å². The van der Waals surface area contributed by atoms with E-state index >= 15 is 0 Å². The van der Waals surface area contributed by atoms with Crippen LogP contribution in [0, 0.1) is 0 Å². The number of halogens is 13. The molecule has 0 saturated heterocycles. The van der Waals surface area contributed by atoms with Crippen LogP contribution in [0.2, 0.25) is 0 Å². The minimum atomic E-state index is -8.05. The molecule has 0 aliphatic heterocycles. The zero-order chi connectivity index (χ0) is 21.8. The number of hydrogen-bond acceptors (Lipinski definition) is 4. The Bertz CT molecular complexity index is 743. The van der Waals surface area contributed by atoms with Crippen molar-refractivity contribution in [3.63, 3.8) is 0 Å². The van der Waals surface area contributed by atoms with Gasteiger partial charge in [0.1, 0.15) is 0 Å². The van der Waals surface area contributed by atoms with E-state index in [1.54, 1.807) is 0 Å². The van der Waals surface area contributed by atoms with Crippen LogP contribution in [-0.4, -0.2) is 70.7 Å². The fourth-order valence-electron chi connectivity index (χ4n) is 0.899. The van der Waals surface area contributed by atoms with Gasteiger partial charge >= 0.3 is 53.8 Å². The molecule has 0 saturated carbocycles. The number of sulfonamides is 2. The molecule has 0 heterocycles. The molecular weight excluding hydrogens is 468 g/mol. The maximum atomic E-state index is 13.0. The molecule has 0 radical (unpaired) electrons. The van der Waals surface area contributed by atoms with Crippen LogP contribution in [0.3, 0.4) is 0 Å². The van der Waals surface area contributed by atoms with Crippen LogP contribution in [0.4, 0.5) is 57.1 Å². The fourth-order valence-corrected chi connectivity index (χ4v) is 3.62. The average molecular weight is 471 g/mol. The Hall–Kier alpha value is -0.453. The molecule has 5 nitrogen and oxygen atoms in total. The average Bonchev–Trinajstić information content (AvgIpc) is 2.34. The van der Waals surface area contributed by atoms with Gasteiger partial charge in [-0.05, 0) is 0 Å². The van der Waals surface area contributed by atoms with Gasteiger partial charge < -0.3 is 0 Å². The molecule has 0 aliphatic rings. The van der Waals surface area contributed by atoms with E-state index < -0.39 is 59.1 Å². The molecule has 27 heavy (non-hydrogen) atoms. The standard InChI is InChI=1S/C6H2F13NO4S2.Li.H/c7-1(8)2(9,10)25(21,22)20-26(23,24)6(18,19)4(13,14)3(11,12)5(15,16)17;;/h1,20H;;. The molecule has 0 aromatic carbocycles. The molecule has 160 valence electrons. The molecule has 0 atom stereocenters. The predicted molar refractivity (Wildman–Crippen MR) is 60.0 cm³/mol. The summed E-state index contributed by atoms with van der Waals surface area (Å²) in [5.74, 6) is -15.8. The van der Waals surface area contributed by atoms with E-state index in [2.05, 4.69) is 0 Å². The molecule has 0 aromatic rings. The second kappa shape index (κ2) is 7.42. The first-order valence-electron chi connectivity index (χ1n) is 5.04. The summed E-state index contributed by atoms with van der Waals surface area (Å²) in [6, 6.07) is 0. The van der Waals surface area contributed by atoms with E-state index in [-0.39, 0.29) is 18.9 Å². The third kappa shape index (κ3) is 4.43. The Morgan fingerprint density at radius 1 is 0.630 bits per heavy atom. The van der Waals surface area contributed by atoms with Crippen LogP contribution >= 0.6 is 0 Å². The summed E-state index contributed by atoms with van der Waals surface area (Å²) in [5.41, 5.74) is 0. The van der Waals surface area contributed by atoms with Crippen molar-refractivity contribution in [3.8, 4) is 0 Å². The van der Waals surface area contributed by atoms with E-state index in [4.69, 9.17) is 0 Å². The van der Waals surface area contributed by atoms with Crippen LogP contribution in [-0.2, 0) is 20.0 Å². The van der Waals surface area contributed by atoms with Gasteiger partial charge in [-0.2, -0.15) is 48.3 Å². The monoisotopic (exact) mass is 471 g/mol. The van der Waals surface area contributed by atoms with Crippen LogP contribution in [0.15, 0.2) is 0 Å². The van der Waals surface area contributed by atoms with Gasteiger partial charge in [-0.25, -0.2) is 25.6 Å². The third-order valence-electron chi connectivity index (χ3n) is 2.29. The molecule has 21 heteroatoms. The van der Waals surface area contributed by atoms with Crippen LogP contribution < -0.4 is 4.13 Å².